The number of hydrogen-bond donors (Lipinski definition) is 0. The molecule has 0 aromatic rings. The van der Waals surface area contributed by atoms with Gasteiger partial charge < -0.3 is 4.74 Å². The van der Waals surface area contributed by atoms with E-state index in [-0.39, 0.29) is 12.1 Å². The van der Waals surface area contributed by atoms with Crippen molar-refractivity contribution in [1.29, 1.82) is 0 Å². The summed E-state index contributed by atoms with van der Waals surface area (Å²) in [6.07, 6.45) is 3.99. The molecule has 1 aliphatic carbocycles. The number of carbonyl (C=O) groups excluding carboxylic acids is 1. The highest BCUT2D eigenvalue weighted by molar-refractivity contribution is 5.69. The molecule has 1 saturated carbocycles. The van der Waals surface area contributed by atoms with Crippen LogP contribution in [0.25, 0.3) is 0 Å². The maximum atomic E-state index is 11.0. The Morgan fingerprint density at radius 2 is 2.00 bits per heavy atom. The summed E-state index contributed by atoms with van der Waals surface area (Å²) >= 11 is 0. The van der Waals surface area contributed by atoms with Crippen LogP contribution in [-0.4, -0.2) is 12.1 Å². The van der Waals surface area contributed by atoms with Crippen LogP contribution in [-0.2, 0) is 9.53 Å². The standard InChI is InChI=1S/C11H20O2/c1-4-11(12)13-10-6-5-8(2)9(3)7-10/h8-10H,4-7H2,1-3H3. The largest absolute Gasteiger partial charge is 0.462 e. The van der Waals surface area contributed by atoms with E-state index in [1.54, 1.807) is 0 Å². The molecule has 3 atom stereocenters. The normalized spacial score (nSPS) is 34.2. The molecule has 0 N–H and O–H groups in total. The number of hydrogen-bond acceptors (Lipinski definition) is 2. The Labute approximate surface area is 80.7 Å². The Balaban J connectivity index is 2.33. The molecule has 2 heteroatoms. The lowest BCUT2D eigenvalue weighted by molar-refractivity contribution is -0.151. The van der Waals surface area contributed by atoms with E-state index < -0.39 is 0 Å². The Kier molecular flexibility index (Phi) is 3.76. The van der Waals surface area contributed by atoms with Crippen LogP contribution in [0.3, 0.4) is 0 Å². The van der Waals surface area contributed by atoms with Gasteiger partial charge in [-0.1, -0.05) is 20.8 Å². The lowest BCUT2D eigenvalue weighted by atomic mass is 9.80. The average Bonchev–Trinajstić information content (AvgIpc) is 2.11. The molecule has 1 fully saturated rings. The quantitative estimate of drug-likeness (QED) is 0.617. The third-order valence-corrected chi connectivity index (χ3v) is 3.14. The van der Waals surface area contributed by atoms with E-state index in [4.69, 9.17) is 4.74 Å². The smallest absolute Gasteiger partial charge is 0.305 e. The molecule has 2 nitrogen and oxygen atoms in total. The monoisotopic (exact) mass is 184 g/mol. The first kappa shape index (κ1) is 10.6. The highest BCUT2D eigenvalue weighted by Crippen LogP contribution is 2.30. The second-order valence-corrected chi connectivity index (χ2v) is 4.23. The van der Waals surface area contributed by atoms with Crippen molar-refractivity contribution in [2.75, 3.05) is 0 Å². The number of esters is 1. The van der Waals surface area contributed by atoms with Gasteiger partial charge in [0.2, 0.25) is 0 Å². The molecule has 0 spiro atoms. The molecule has 0 radical (unpaired) electrons. The van der Waals surface area contributed by atoms with Gasteiger partial charge >= 0.3 is 5.97 Å². The number of ether oxygens (including phenoxy) is 1. The second kappa shape index (κ2) is 4.64. The van der Waals surface area contributed by atoms with Crippen molar-refractivity contribution in [3.8, 4) is 0 Å². The summed E-state index contributed by atoms with van der Waals surface area (Å²) in [6, 6.07) is 0. The minimum atomic E-state index is -0.0493. The van der Waals surface area contributed by atoms with E-state index in [2.05, 4.69) is 13.8 Å². The summed E-state index contributed by atoms with van der Waals surface area (Å²) in [5, 5.41) is 0. The van der Waals surface area contributed by atoms with Gasteiger partial charge in [0.25, 0.3) is 0 Å². The van der Waals surface area contributed by atoms with Crippen LogP contribution in [0.2, 0.25) is 0 Å². The first-order valence-electron chi connectivity index (χ1n) is 5.33. The minimum absolute atomic E-state index is 0.0493. The van der Waals surface area contributed by atoms with Crippen LogP contribution in [0.1, 0.15) is 46.5 Å². The molecule has 0 aliphatic heterocycles. The predicted molar refractivity (Wildman–Crippen MR) is 52.4 cm³/mol. The number of carbonyl (C=O) groups is 1. The first-order chi connectivity index (χ1) is 6.13. The van der Waals surface area contributed by atoms with Gasteiger partial charge in [-0.3, -0.25) is 4.79 Å². The molecular formula is C11H20O2. The maximum absolute atomic E-state index is 11.0. The SMILES string of the molecule is CCC(=O)OC1CCC(C)C(C)C1. The zero-order chi connectivity index (χ0) is 9.84. The van der Waals surface area contributed by atoms with Crippen LogP contribution < -0.4 is 0 Å². The van der Waals surface area contributed by atoms with E-state index >= 15 is 0 Å². The number of rotatable bonds is 2. The average molecular weight is 184 g/mol. The van der Waals surface area contributed by atoms with Crippen molar-refractivity contribution < 1.29 is 9.53 Å². The van der Waals surface area contributed by atoms with Gasteiger partial charge in [0.1, 0.15) is 6.10 Å². The molecular weight excluding hydrogens is 164 g/mol. The lowest BCUT2D eigenvalue weighted by Gasteiger charge is -2.31. The fourth-order valence-electron chi connectivity index (χ4n) is 1.87. The van der Waals surface area contributed by atoms with Crippen molar-refractivity contribution in [3.05, 3.63) is 0 Å². The fourth-order valence-corrected chi connectivity index (χ4v) is 1.87. The van der Waals surface area contributed by atoms with Gasteiger partial charge in [-0.05, 0) is 31.1 Å². The molecule has 3 unspecified atom stereocenters. The lowest BCUT2D eigenvalue weighted by Crippen LogP contribution is -2.28. The molecule has 0 amide bonds. The van der Waals surface area contributed by atoms with Gasteiger partial charge in [0, 0.05) is 6.42 Å². The van der Waals surface area contributed by atoms with E-state index in [0.29, 0.717) is 12.3 Å². The Morgan fingerprint density at radius 3 is 2.54 bits per heavy atom. The Hall–Kier alpha value is -0.530. The zero-order valence-electron chi connectivity index (χ0n) is 8.88. The zero-order valence-corrected chi connectivity index (χ0v) is 8.88. The van der Waals surface area contributed by atoms with Crippen LogP contribution in [0.15, 0.2) is 0 Å². The third kappa shape index (κ3) is 3.02. The fraction of sp³-hybridized carbons (Fsp3) is 0.909. The Bertz CT molecular complexity index is 177. The predicted octanol–water partition coefficient (Wildman–Crippen LogP) is 2.76. The summed E-state index contributed by atoms with van der Waals surface area (Å²) in [7, 11) is 0. The van der Waals surface area contributed by atoms with Crippen molar-refractivity contribution in [1.82, 2.24) is 0 Å². The summed E-state index contributed by atoms with van der Waals surface area (Å²) in [4.78, 5) is 11.0. The molecule has 76 valence electrons. The van der Waals surface area contributed by atoms with Crippen LogP contribution in [0.4, 0.5) is 0 Å². The molecule has 0 saturated heterocycles. The van der Waals surface area contributed by atoms with Crippen LogP contribution in [0.5, 0.6) is 0 Å². The van der Waals surface area contributed by atoms with Crippen molar-refractivity contribution in [2.45, 2.75) is 52.6 Å². The Morgan fingerprint density at radius 1 is 1.31 bits per heavy atom. The minimum Gasteiger partial charge on any atom is -0.462 e. The molecule has 1 rings (SSSR count). The van der Waals surface area contributed by atoms with E-state index in [0.717, 1.165) is 18.8 Å². The summed E-state index contributed by atoms with van der Waals surface area (Å²) in [5.41, 5.74) is 0. The van der Waals surface area contributed by atoms with Crippen LogP contribution in [0, 0.1) is 11.8 Å². The van der Waals surface area contributed by atoms with Gasteiger partial charge in [0.15, 0.2) is 0 Å². The summed E-state index contributed by atoms with van der Waals surface area (Å²) < 4.78 is 5.32. The van der Waals surface area contributed by atoms with E-state index in [1.807, 2.05) is 6.92 Å². The third-order valence-electron chi connectivity index (χ3n) is 3.14. The van der Waals surface area contributed by atoms with Gasteiger partial charge in [0.05, 0.1) is 0 Å². The molecule has 0 bridgehead atoms. The van der Waals surface area contributed by atoms with Gasteiger partial charge in [-0.2, -0.15) is 0 Å². The summed E-state index contributed by atoms with van der Waals surface area (Å²) in [5.74, 6) is 1.44. The van der Waals surface area contributed by atoms with Gasteiger partial charge in [-0.25, -0.2) is 0 Å². The van der Waals surface area contributed by atoms with Crippen molar-refractivity contribution in [3.63, 3.8) is 0 Å². The molecule has 0 heterocycles. The molecule has 0 aromatic carbocycles. The molecule has 0 aromatic heterocycles. The van der Waals surface area contributed by atoms with E-state index in [1.165, 1.54) is 6.42 Å². The maximum Gasteiger partial charge on any atom is 0.305 e. The van der Waals surface area contributed by atoms with Crippen LogP contribution >= 0.6 is 0 Å². The highest BCUT2D eigenvalue weighted by atomic mass is 16.5. The topological polar surface area (TPSA) is 26.3 Å². The highest BCUT2D eigenvalue weighted by Gasteiger charge is 2.26. The molecule has 1 aliphatic rings. The van der Waals surface area contributed by atoms with Gasteiger partial charge in [-0.15, -0.1) is 0 Å². The first-order valence-corrected chi connectivity index (χ1v) is 5.33. The molecule has 13 heavy (non-hydrogen) atoms. The van der Waals surface area contributed by atoms with E-state index in [9.17, 15) is 4.79 Å². The summed E-state index contributed by atoms with van der Waals surface area (Å²) in [6.45, 7) is 6.37. The van der Waals surface area contributed by atoms with Crippen molar-refractivity contribution >= 4 is 5.97 Å². The second-order valence-electron chi connectivity index (χ2n) is 4.23. The van der Waals surface area contributed by atoms with Crippen molar-refractivity contribution in [2.24, 2.45) is 11.8 Å².